The van der Waals surface area contributed by atoms with E-state index in [-0.39, 0.29) is 11.9 Å². The molecule has 0 atom stereocenters. The van der Waals surface area contributed by atoms with Crippen molar-refractivity contribution in [1.29, 1.82) is 0 Å². The van der Waals surface area contributed by atoms with E-state index in [1.54, 1.807) is 20.3 Å². The highest BCUT2D eigenvalue weighted by Gasteiger charge is 2.19. The summed E-state index contributed by atoms with van der Waals surface area (Å²) in [6.45, 7) is 2.36. The van der Waals surface area contributed by atoms with Gasteiger partial charge in [-0.05, 0) is 43.5 Å². The SMILES string of the molecule is COc1ccc(CNc2nc(C)cc(C(=O)NC3CCCC3)n2)cc1OC. The van der Waals surface area contributed by atoms with Crippen LogP contribution in [0.5, 0.6) is 11.5 Å². The molecule has 1 fully saturated rings. The highest BCUT2D eigenvalue weighted by molar-refractivity contribution is 5.92. The molecule has 0 saturated heterocycles. The first-order valence-electron chi connectivity index (χ1n) is 9.20. The minimum Gasteiger partial charge on any atom is -0.493 e. The first-order chi connectivity index (χ1) is 13.1. The number of aromatic nitrogens is 2. The number of nitrogens with one attached hydrogen (secondary N) is 2. The van der Waals surface area contributed by atoms with E-state index in [2.05, 4.69) is 20.6 Å². The van der Waals surface area contributed by atoms with Crippen molar-refractivity contribution in [1.82, 2.24) is 15.3 Å². The molecule has 144 valence electrons. The molecule has 1 amide bonds. The Kier molecular flexibility index (Phi) is 6.11. The number of aryl methyl sites for hydroxylation is 1. The Bertz CT molecular complexity index is 804. The standard InChI is InChI=1S/C20H26N4O3/c1-13-10-16(19(25)23-15-6-4-5-7-15)24-20(22-13)21-12-14-8-9-17(26-2)18(11-14)27-3/h8-11,15H,4-7,12H2,1-3H3,(H,23,25)(H,21,22,24). The number of amides is 1. The van der Waals surface area contributed by atoms with E-state index >= 15 is 0 Å². The molecule has 0 unspecified atom stereocenters. The van der Waals surface area contributed by atoms with Gasteiger partial charge in [-0.2, -0.15) is 0 Å². The molecule has 0 bridgehead atoms. The van der Waals surface area contributed by atoms with Crippen LogP contribution in [-0.2, 0) is 6.54 Å². The van der Waals surface area contributed by atoms with Gasteiger partial charge in [0.2, 0.25) is 5.95 Å². The first-order valence-corrected chi connectivity index (χ1v) is 9.20. The van der Waals surface area contributed by atoms with Gasteiger partial charge in [0, 0.05) is 18.3 Å². The number of ether oxygens (including phenoxy) is 2. The summed E-state index contributed by atoms with van der Waals surface area (Å²) in [4.78, 5) is 21.2. The minimum atomic E-state index is -0.137. The molecule has 1 aliphatic rings. The first kappa shape index (κ1) is 18.9. The predicted octanol–water partition coefficient (Wildman–Crippen LogP) is 3.09. The molecule has 1 aromatic carbocycles. The number of carbonyl (C=O) groups excluding carboxylic acids is 1. The summed E-state index contributed by atoms with van der Waals surface area (Å²) in [5.41, 5.74) is 2.13. The number of hydrogen-bond acceptors (Lipinski definition) is 6. The lowest BCUT2D eigenvalue weighted by Gasteiger charge is -2.13. The molecular weight excluding hydrogens is 344 g/mol. The van der Waals surface area contributed by atoms with Crippen LogP contribution in [0.15, 0.2) is 24.3 Å². The van der Waals surface area contributed by atoms with E-state index in [1.165, 1.54) is 12.8 Å². The second-order valence-corrected chi connectivity index (χ2v) is 6.72. The van der Waals surface area contributed by atoms with Gasteiger partial charge in [-0.25, -0.2) is 9.97 Å². The number of rotatable bonds is 7. The number of nitrogens with zero attached hydrogens (tertiary/aromatic N) is 2. The van der Waals surface area contributed by atoms with E-state index in [4.69, 9.17) is 9.47 Å². The van der Waals surface area contributed by atoms with Gasteiger partial charge in [0.15, 0.2) is 11.5 Å². The van der Waals surface area contributed by atoms with Crippen LogP contribution < -0.4 is 20.1 Å². The van der Waals surface area contributed by atoms with Gasteiger partial charge in [0.25, 0.3) is 5.91 Å². The third-order valence-electron chi connectivity index (χ3n) is 4.68. The monoisotopic (exact) mass is 370 g/mol. The largest absolute Gasteiger partial charge is 0.493 e. The Balaban J connectivity index is 1.68. The van der Waals surface area contributed by atoms with Crippen molar-refractivity contribution in [3.8, 4) is 11.5 Å². The maximum Gasteiger partial charge on any atom is 0.270 e. The zero-order valence-electron chi connectivity index (χ0n) is 16.0. The molecule has 1 heterocycles. The van der Waals surface area contributed by atoms with Gasteiger partial charge in [0.1, 0.15) is 5.69 Å². The number of methoxy groups -OCH3 is 2. The fourth-order valence-electron chi connectivity index (χ4n) is 3.27. The van der Waals surface area contributed by atoms with Crippen LogP contribution in [0.3, 0.4) is 0 Å². The van der Waals surface area contributed by atoms with Crippen LogP contribution in [0.2, 0.25) is 0 Å². The van der Waals surface area contributed by atoms with Gasteiger partial charge in [-0.1, -0.05) is 18.9 Å². The molecule has 3 rings (SSSR count). The van der Waals surface area contributed by atoms with Crippen molar-refractivity contribution in [2.24, 2.45) is 0 Å². The van der Waals surface area contributed by atoms with Crippen molar-refractivity contribution in [2.45, 2.75) is 45.2 Å². The molecule has 2 N–H and O–H groups in total. The number of hydrogen-bond donors (Lipinski definition) is 2. The molecule has 0 aliphatic heterocycles. The van der Waals surface area contributed by atoms with E-state index < -0.39 is 0 Å². The maximum absolute atomic E-state index is 12.5. The molecule has 1 aromatic heterocycles. The molecule has 7 nitrogen and oxygen atoms in total. The second kappa shape index (κ2) is 8.70. The summed E-state index contributed by atoms with van der Waals surface area (Å²) >= 11 is 0. The van der Waals surface area contributed by atoms with Gasteiger partial charge in [-0.3, -0.25) is 4.79 Å². The third kappa shape index (κ3) is 4.87. The molecule has 2 aromatic rings. The van der Waals surface area contributed by atoms with Crippen molar-refractivity contribution < 1.29 is 14.3 Å². The van der Waals surface area contributed by atoms with Gasteiger partial charge < -0.3 is 20.1 Å². The molecule has 0 spiro atoms. The smallest absolute Gasteiger partial charge is 0.270 e. The quantitative estimate of drug-likeness (QED) is 0.779. The maximum atomic E-state index is 12.5. The van der Waals surface area contributed by atoms with Crippen LogP contribution in [0, 0.1) is 6.92 Å². The van der Waals surface area contributed by atoms with Crippen molar-refractivity contribution in [3.05, 3.63) is 41.2 Å². The van der Waals surface area contributed by atoms with E-state index in [0.717, 1.165) is 24.1 Å². The second-order valence-electron chi connectivity index (χ2n) is 6.72. The van der Waals surface area contributed by atoms with Crippen molar-refractivity contribution >= 4 is 11.9 Å². The summed E-state index contributed by atoms with van der Waals surface area (Å²) < 4.78 is 10.6. The average Bonchev–Trinajstić information content (AvgIpc) is 3.18. The van der Waals surface area contributed by atoms with Gasteiger partial charge >= 0.3 is 0 Å². The molecule has 27 heavy (non-hydrogen) atoms. The topological polar surface area (TPSA) is 85.4 Å². The Morgan fingerprint density at radius 1 is 1.11 bits per heavy atom. The van der Waals surface area contributed by atoms with Crippen molar-refractivity contribution in [2.75, 3.05) is 19.5 Å². The summed E-state index contributed by atoms with van der Waals surface area (Å²) in [6, 6.07) is 7.67. The number of benzene rings is 1. The summed E-state index contributed by atoms with van der Waals surface area (Å²) in [6.07, 6.45) is 4.43. The van der Waals surface area contributed by atoms with Crippen LogP contribution >= 0.6 is 0 Å². The molecule has 1 saturated carbocycles. The van der Waals surface area contributed by atoms with Crippen LogP contribution in [0.25, 0.3) is 0 Å². The summed E-state index contributed by atoms with van der Waals surface area (Å²) in [5, 5.41) is 6.24. The van der Waals surface area contributed by atoms with E-state index in [0.29, 0.717) is 29.7 Å². The highest BCUT2D eigenvalue weighted by Crippen LogP contribution is 2.27. The van der Waals surface area contributed by atoms with E-state index in [9.17, 15) is 4.79 Å². The molecular formula is C20H26N4O3. The Hall–Kier alpha value is -2.83. The number of anilines is 1. The lowest BCUT2D eigenvalue weighted by molar-refractivity contribution is 0.0932. The number of carbonyl (C=O) groups is 1. The average molecular weight is 370 g/mol. The Morgan fingerprint density at radius 2 is 1.85 bits per heavy atom. The Morgan fingerprint density at radius 3 is 2.56 bits per heavy atom. The minimum absolute atomic E-state index is 0.137. The molecule has 0 radical (unpaired) electrons. The van der Waals surface area contributed by atoms with Gasteiger partial charge in [0.05, 0.1) is 14.2 Å². The zero-order chi connectivity index (χ0) is 19.2. The molecule has 7 heteroatoms. The lowest BCUT2D eigenvalue weighted by atomic mass is 10.2. The fraction of sp³-hybridized carbons (Fsp3) is 0.450. The predicted molar refractivity (Wildman–Crippen MR) is 103 cm³/mol. The highest BCUT2D eigenvalue weighted by atomic mass is 16.5. The molecule has 1 aliphatic carbocycles. The Labute approximate surface area is 159 Å². The third-order valence-corrected chi connectivity index (χ3v) is 4.68. The normalized spacial score (nSPS) is 14.0. The van der Waals surface area contributed by atoms with Crippen molar-refractivity contribution in [3.63, 3.8) is 0 Å². The summed E-state index contributed by atoms with van der Waals surface area (Å²) in [5.74, 6) is 1.64. The van der Waals surface area contributed by atoms with Crippen LogP contribution in [0.1, 0.15) is 47.4 Å². The zero-order valence-corrected chi connectivity index (χ0v) is 16.0. The van der Waals surface area contributed by atoms with Gasteiger partial charge in [-0.15, -0.1) is 0 Å². The summed E-state index contributed by atoms with van der Waals surface area (Å²) in [7, 11) is 3.21. The van der Waals surface area contributed by atoms with Crippen LogP contribution in [0.4, 0.5) is 5.95 Å². The van der Waals surface area contributed by atoms with E-state index in [1.807, 2.05) is 25.1 Å². The van der Waals surface area contributed by atoms with Crippen LogP contribution in [-0.4, -0.2) is 36.1 Å². The fourth-order valence-corrected chi connectivity index (χ4v) is 3.27. The lowest BCUT2D eigenvalue weighted by Crippen LogP contribution is -2.33.